The molecule has 0 aromatic carbocycles. The summed E-state index contributed by atoms with van der Waals surface area (Å²) in [6, 6.07) is 1.06. The van der Waals surface area contributed by atoms with Crippen molar-refractivity contribution in [1.29, 1.82) is 0 Å². The average Bonchev–Trinajstić information content (AvgIpc) is 2.44. The molecule has 8 nitrogen and oxygen atoms in total. The molecule has 20 heavy (non-hydrogen) atoms. The van der Waals surface area contributed by atoms with E-state index in [-0.39, 0.29) is 28.6 Å². The van der Waals surface area contributed by atoms with E-state index in [1.807, 2.05) is 0 Å². The number of carbonyl (C=O) groups excluding carboxylic acids is 2. The molecular formula is C11H12N2O6S. The molecule has 0 aliphatic heterocycles. The maximum atomic E-state index is 11.3. The predicted octanol–water partition coefficient (Wildman–Crippen LogP) is 1.43. The molecule has 0 amide bonds. The molecule has 1 aromatic rings. The molecule has 0 aliphatic rings. The van der Waals surface area contributed by atoms with E-state index in [0.717, 1.165) is 31.1 Å². The van der Waals surface area contributed by atoms with Gasteiger partial charge in [0.25, 0.3) is 0 Å². The minimum atomic E-state index is -0.720. The molecule has 0 fully saturated rings. The lowest BCUT2D eigenvalue weighted by Crippen LogP contribution is -2.08. The smallest absolute Gasteiger partial charge is 0.339 e. The highest BCUT2D eigenvalue weighted by Crippen LogP contribution is 2.27. The molecule has 0 atom stereocenters. The Morgan fingerprint density at radius 2 is 2.20 bits per heavy atom. The Kier molecular flexibility index (Phi) is 5.91. The Morgan fingerprint density at radius 3 is 2.75 bits per heavy atom. The van der Waals surface area contributed by atoms with Gasteiger partial charge in [0.15, 0.2) is 5.03 Å². The standard InChI is InChI=1S/C11H12N2O6S/c1-3-19-9(14)6-20-10-8(13(16)17)4-7(5-12-10)11(15)18-2/h4-5H,3,6H2,1-2H3. The van der Waals surface area contributed by atoms with E-state index in [4.69, 9.17) is 4.74 Å². The third kappa shape index (κ3) is 4.19. The third-order valence-corrected chi connectivity index (χ3v) is 3.05. The Morgan fingerprint density at radius 1 is 1.50 bits per heavy atom. The largest absolute Gasteiger partial charge is 0.465 e. The number of aromatic nitrogens is 1. The number of ether oxygens (including phenoxy) is 2. The zero-order chi connectivity index (χ0) is 15.1. The van der Waals surface area contributed by atoms with Crippen molar-refractivity contribution in [3.63, 3.8) is 0 Å². The first kappa shape index (κ1) is 15.9. The summed E-state index contributed by atoms with van der Waals surface area (Å²) in [4.78, 5) is 36.6. The number of nitrogens with zero attached hydrogens (tertiary/aromatic N) is 2. The van der Waals surface area contributed by atoms with Crippen LogP contribution in [0.15, 0.2) is 17.3 Å². The fraction of sp³-hybridized carbons (Fsp3) is 0.364. The number of carbonyl (C=O) groups is 2. The molecular weight excluding hydrogens is 288 g/mol. The minimum absolute atomic E-state index is 0.0281. The van der Waals surface area contributed by atoms with Crippen LogP contribution in [0.4, 0.5) is 5.69 Å². The Hall–Kier alpha value is -2.16. The summed E-state index contributed by atoms with van der Waals surface area (Å²) in [6.45, 7) is 1.89. The van der Waals surface area contributed by atoms with E-state index in [1.54, 1.807) is 6.92 Å². The van der Waals surface area contributed by atoms with Crippen LogP contribution in [0.1, 0.15) is 17.3 Å². The number of thioether (sulfide) groups is 1. The zero-order valence-corrected chi connectivity index (χ0v) is 11.6. The van der Waals surface area contributed by atoms with E-state index in [2.05, 4.69) is 9.72 Å². The van der Waals surface area contributed by atoms with Crippen molar-refractivity contribution in [2.24, 2.45) is 0 Å². The number of nitro groups is 1. The van der Waals surface area contributed by atoms with Gasteiger partial charge in [0.2, 0.25) is 0 Å². The van der Waals surface area contributed by atoms with Gasteiger partial charge in [0.05, 0.1) is 30.0 Å². The summed E-state index contributed by atoms with van der Waals surface area (Å²) in [5.74, 6) is -1.31. The molecule has 108 valence electrons. The van der Waals surface area contributed by atoms with Crippen LogP contribution in [0.5, 0.6) is 0 Å². The van der Waals surface area contributed by atoms with Crippen LogP contribution in [0.2, 0.25) is 0 Å². The van der Waals surface area contributed by atoms with Crippen LogP contribution >= 0.6 is 11.8 Å². The Bertz CT molecular complexity index is 534. The van der Waals surface area contributed by atoms with Gasteiger partial charge in [-0.3, -0.25) is 14.9 Å². The van der Waals surface area contributed by atoms with Gasteiger partial charge in [0, 0.05) is 12.3 Å². The van der Waals surface area contributed by atoms with Crippen LogP contribution in [0.25, 0.3) is 0 Å². The molecule has 0 spiro atoms. The summed E-state index contributed by atoms with van der Waals surface area (Å²) in [7, 11) is 1.16. The molecule has 1 aromatic heterocycles. The highest BCUT2D eigenvalue weighted by Gasteiger charge is 2.20. The normalized spacial score (nSPS) is 9.90. The fourth-order valence-corrected chi connectivity index (χ4v) is 1.99. The third-order valence-electron chi connectivity index (χ3n) is 2.08. The summed E-state index contributed by atoms with van der Waals surface area (Å²) in [5.41, 5.74) is -0.387. The van der Waals surface area contributed by atoms with Gasteiger partial charge in [-0.05, 0) is 6.92 Å². The summed E-state index contributed by atoms with van der Waals surface area (Å²) >= 11 is 0.872. The Balaban J connectivity index is 2.93. The molecule has 1 rings (SSSR count). The van der Waals surface area contributed by atoms with Gasteiger partial charge in [-0.15, -0.1) is 0 Å². The molecule has 0 unspecified atom stereocenters. The SMILES string of the molecule is CCOC(=O)CSc1ncc(C(=O)OC)cc1[N+](=O)[O-]. The van der Waals surface area contributed by atoms with Crippen LogP contribution in [-0.2, 0) is 14.3 Å². The predicted molar refractivity (Wildman–Crippen MR) is 69.6 cm³/mol. The van der Waals surface area contributed by atoms with Crippen molar-refractivity contribution < 1.29 is 24.0 Å². The molecule has 0 radical (unpaired) electrons. The molecule has 0 N–H and O–H groups in total. The average molecular weight is 300 g/mol. The van der Waals surface area contributed by atoms with E-state index in [0.29, 0.717) is 0 Å². The summed E-state index contributed by atoms with van der Waals surface area (Å²) in [6.07, 6.45) is 1.16. The number of hydrogen-bond donors (Lipinski definition) is 0. The van der Waals surface area contributed by atoms with Crippen molar-refractivity contribution in [2.75, 3.05) is 19.5 Å². The monoisotopic (exact) mass is 300 g/mol. The van der Waals surface area contributed by atoms with E-state index in [1.165, 1.54) is 0 Å². The van der Waals surface area contributed by atoms with E-state index in [9.17, 15) is 19.7 Å². The van der Waals surface area contributed by atoms with Gasteiger partial charge in [-0.1, -0.05) is 11.8 Å². The first-order valence-electron chi connectivity index (χ1n) is 5.50. The topological polar surface area (TPSA) is 109 Å². The van der Waals surface area contributed by atoms with E-state index < -0.39 is 16.9 Å². The lowest BCUT2D eigenvalue weighted by molar-refractivity contribution is -0.388. The first-order chi connectivity index (χ1) is 9.49. The molecule has 0 saturated heterocycles. The summed E-state index contributed by atoms with van der Waals surface area (Å²) < 4.78 is 9.17. The Labute approximate surface area is 118 Å². The van der Waals surface area contributed by atoms with Crippen molar-refractivity contribution in [3.05, 3.63) is 27.9 Å². The highest BCUT2D eigenvalue weighted by molar-refractivity contribution is 8.00. The zero-order valence-electron chi connectivity index (χ0n) is 10.8. The molecule has 0 saturated carbocycles. The number of methoxy groups -OCH3 is 1. The lowest BCUT2D eigenvalue weighted by Gasteiger charge is -2.04. The molecule has 1 heterocycles. The highest BCUT2D eigenvalue weighted by atomic mass is 32.2. The lowest BCUT2D eigenvalue weighted by atomic mass is 10.3. The maximum Gasteiger partial charge on any atom is 0.339 e. The van der Waals surface area contributed by atoms with Gasteiger partial charge in [-0.2, -0.15) is 0 Å². The van der Waals surface area contributed by atoms with E-state index >= 15 is 0 Å². The number of hydrogen-bond acceptors (Lipinski definition) is 8. The van der Waals surface area contributed by atoms with Gasteiger partial charge in [0.1, 0.15) is 0 Å². The van der Waals surface area contributed by atoms with Gasteiger partial charge >= 0.3 is 17.6 Å². The van der Waals surface area contributed by atoms with Crippen molar-refractivity contribution >= 4 is 29.4 Å². The van der Waals surface area contributed by atoms with Crippen LogP contribution in [0, 0.1) is 10.1 Å². The molecule has 9 heteroatoms. The van der Waals surface area contributed by atoms with Crippen molar-refractivity contribution in [3.8, 4) is 0 Å². The number of pyridine rings is 1. The number of rotatable bonds is 6. The van der Waals surface area contributed by atoms with Crippen LogP contribution < -0.4 is 0 Å². The second kappa shape index (κ2) is 7.43. The van der Waals surface area contributed by atoms with Crippen LogP contribution in [-0.4, -0.2) is 41.3 Å². The summed E-state index contributed by atoms with van der Waals surface area (Å²) in [5, 5.41) is 11.0. The fourth-order valence-electron chi connectivity index (χ4n) is 1.24. The quantitative estimate of drug-likeness (QED) is 0.336. The first-order valence-corrected chi connectivity index (χ1v) is 6.49. The van der Waals surface area contributed by atoms with Gasteiger partial charge in [-0.25, -0.2) is 9.78 Å². The van der Waals surface area contributed by atoms with Crippen LogP contribution in [0.3, 0.4) is 0 Å². The number of esters is 2. The second-order valence-electron chi connectivity index (χ2n) is 3.39. The van der Waals surface area contributed by atoms with Crippen molar-refractivity contribution in [1.82, 2.24) is 4.98 Å². The second-order valence-corrected chi connectivity index (χ2v) is 4.35. The molecule has 0 aliphatic carbocycles. The minimum Gasteiger partial charge on any atom is -0.465 e. The van der Waals surface area contributed by atoms with Crippen molar-refractivity contribution in [2.45, 2.75) is 11.9 Å². The maximum absolute atomic E-state index is 11.3. The van der Waals surface area contributed by atoms with Gasteiger partial charge < -0.3 is 9.47 Å². The molecule has 0 bridgehead atoms.